The van der Waals surface area contributed by atoms with E-state index in [1.54, 1.807) is 6.07 Å². The first kappa shape index (κ1) is 18.4. The van der Waals surface area contributed by atoms with Crippen LogP contribution in [0, 0.1) is 5.82 Å². The summed E-state index contributed by atoms with van der Waals surface area (Å²) in [6.45, 7) is 2.22. The molecule has 0 N–H and O–H groups in total. The molecule has 3 rings (SSSR count). The number of hydrogen-bond acceptors (Lipinski definition) is 3. The first-order chi connectivity index (χ1) is 12.6. The summed E-state index contributed by atoms with van der Waals surface area (Å²) in [6.07, 6.45) is 2.01. The van der Waals surface area contributed by atoms with E-state index in [1.807, 2.05) is 23.1 Å². The molecule has 1 aliphatic heterocycles. The van der Waals surface area contributed by atoms with E-state index in [1.165, 1.54) is 24.8 Å². The Hall–Kier alpha value is -2.40. The zero-order valence-corrected chi connectivity index (χ0v) is 15.3. The molecule has 26 heavy (non-hydrogen) atoms. The van der Waals surface area contributed by atoms with Crippen LogP contribution in [-0.2, 0) is 6.54 Å². The minimum Gasteiger partial charge on any atom is -0.494 e. The second kappa shape index (κ2) is 8.32. The molecule has 1 aliphatic rings. The number of halogens is 1. The molecule has 1 saturated heterocycles. The lowest BCUT2D eigenvalue weighted by atomic mass is 10.0. The van der Waals surface area contributed by atoms with Crippen molar-refractivity contribution in [1.82, 2.24) is 9.80 Å². The van der Waals surface area contributed by atoms with Crippen molar-refractivity contribution in [2.45, 2.75) is 25.4 Å². The third-order valence-corrected chi connectivity index (χ3v) is 4.98. The minimum absolute atomic E-state index is 0.121. The molecule has 4 nitrogen and oxygen atoms in total. The largest absolute Gasteiger partial charge is 0.494 e. The third kappa shape index (κ3) is 4.22. The fourth-order valence-electron chi connectivity index (χ4n) is 3.48. The second-order valence-corrected chi connectivity index (χ2v) is 6.80. The molecule has 5 heteroatoms. The van der Waals surface area contributed by atoms with Gasteiger partial charge in [0.05, 0.1) is 7.11 Å². The van der Waals surface area contributed by atoms with Crippen LogP contribution in [0.1, 0.15) is 28.8 Å². The molecule has 0 aliphatic carbocycles. The van der Waals surface area contributed by atoms with E-state index in [0.29, 0.717) is 24.7 Å². The number of carbonyl (C=O) groups excluding carboxylic acids is 1. The maximum Gasteiger partial charge on any atom is 0.254 e. The highest BCUT2D eigenvalue weighted by Gasteiger charge is 2.27. The van der Waals surface area contributed by atoms with Gasteiger partial charge in [-0.05, 0) is 43.7 Å². The predicted molar refractivity (Wildman–Crippen MR) is 99.8 cm³/mol. The third-order valence-electron chi connectivity index (χ3n) is 4.98. The summed E-state index contributed by atoms with van der Waals surface area (Å²) < 4.78 is 18.8. The maximum atomic E-state index is 13.9. The van der Waals surface area contributed by atoms with E-state index in [4.69, 9.17) is 4.74 Å². The highest BCUT2D eigenvalue weighted by atomic mass is 19.1. The SMILES string of the molecule is COc1ccc(C(=O)N2CCC[C@H](N(C)Cc3ccccc3)C2)cc1F. The Bertz CT molecular complexity index is 751. The van der Waals surface area contributed by atoms with Crippen molar-refractivity contribution in [3.05, 3.63) is 65.5 Å². The Kier molecular flexibility index (Phi) is 5.89. The van der Waals surface area contributed by atoms with Crippen LogP contribution in [0.15, 0.2) is 48.5 Å². The molecule has 0 spiro atoms. The number of likely N-dealkylation sites (N-methyl/N-ethyl adjacent to an activating group) is 1. The van der Waals surface area contributed by atoms with E-state index in [0.717, 1.165) is 19.4 Å². The van der Waals surface area contributed by atoms with E-state index in [2.05, 4.69) is 24.1 Å². The van der Waals surface area contributed by atoms with Crippen LogP contribution >= 0.6 is 0 Å². The van der Waals surface area contributed by atoms with Gasteiger partial charge in [-0.3, -0.25) is 9.69 Å². The van der Waals surface area contributed by atoms with E-state index < -0.39 is 5.82 Å². The molecule has 2 aromatic rings. The number of methoxy groups -OCH3 is 1. The number of hydrogen-bond donors (Lipinski definition) is 0. The standard InChI is InChI=1S/C21H25FN2O2/c1-23(14-16-7-4-3-5-8-16)18-9-6-12-24(15-18)21(25)17-10-11-20(26-2)19(22)13-17/h3-5,7-8,10-11,13,18H,6,9,12,14-15H2,1-2H3/t18-/m0/s1. The van der Waals surface area contributed by atoms with E-state index >= 15 is 0 Å². The highest BCUT2D eigenvalue weighted by molar-refractivity contribution is 5.94. The molecular formula is C21H25FN2O2. The van der Waals surface area contributed by atoms with Crippen molar-refractivity contribution in [3.63, 3.8) is 0 Å². The van der Waals surface area contributed by atoms with Crippen LogP contribution in [0.4, 0.5) is 4.39 Å². The van der Waals surface area contributed by atoms with Crippen molar-refractivity contribution < 1.29 is 13.9 Å². The summed E-state index contributed by atoms with van der Waals surface area (Å²) >= 11 is 0. The van der Waals surface area contributed by atoms with Gasteiger partial charge < -0.3 is 9.64 Å². The summed E-state index contributed by atoms with van der Waals surface area (Å²) in [7, 11) is 3.51. The molecule has 0 aromatic heterocycles. The van der Waals surface area contributed by atoms with Crippen LogP contribution in [-0.4, -0.2) is 49.0 Å². The Morgan fingerprint density at radius 1 is 1.27 bits per heavy atom. The van der Waals surface area contributed by atoms with Crippen molar-refractivity contribution in [2.24, 2.45) is 0 Å². The van der Waals surface area contributed by atoms with Gasteiger partial charge in [0.15, 0.2) is 11.6 Å². The van der Waals surface area contributed by atoms with Crippen molar-refractivity contribution in [3.8, 4) is 5.75 Å². The number of likely N-dealkylation sites (tertiary alicyclic amines) is 1. The number of benzene rings is 2. The Balaban J connectivity index is 1.65. The Labute approximate surface area is 154 Å². The summed E-state index contributed by atoms with van der Waals surface area (Å²) in [6, 6.07) is 15.0. The number of nitrogens with zero attached hydrogens (tertiary/aromatic N) is 2. The van der Waals surface area contributed by atoms with Gasteiger partial charge in [0, 0.05) is 31.2 Å². The first-order valence-corrected chi connectivity index (χ1v) is 8.95. The number of ether oxygens (including phenoxy) is 1. The molecule has 1 heterocycles. The second-order valence-electron chi connectivity index (χ2n) is 6.80. The zero-order chi connectivity index (χ0) is 18.5. The molecule has 2 aromatic carbocycles. The molecule has 1 fully saturated rings. The lowest BCUT2D eigenvalue weighted by Crippen LogP contribution is -2.48. The Morgan fingerprint density at radius 2 is 2.04 bits per heavy atom. The van der Waals surface area contributed by atoms with Crippen LogP contribution in [0.3, 0.4) is 0 Å². The topological polar surface area (TPSA) is 32.8 Å². The number of rotatable bonds is 5. The average molecular weight is 356 g/mol. The number of amides is 1. The summed E-state index contributed by atoms with van der Waals surface area (Å²) in [4.78, 5) is 16.9. The fraction of sp³-hybridized carbons (Fsp3) is 0.381. The maximum absolute atomic E-state index is 13.9. The van der Waals surface area contributed by atoms with Gasteiger partial charge in [-0.2, -0.15) is 0 Å². The molecule has 0 saturated carbocycles. The molecule has 0 unspecified atom stereocenters. The van der Waals surface area contributed by atoms with Crippen molar-refractivity contribution in [2.75, 3.05) is 27.2 Å². The minimum atomic E-state index is -0.506. The highest BCUT2D eigenvalue weighted by Crippen LogP contribution is 2.22. The van der Waals surface area contributed by atoms with Gasteiger partial charge in [0.2, 0.25) is 0 Å². The fourth-order valence-corrected chi connectivity index (χ4v) is 3.48. The van der Waals surface area contributed by atoms with Gasteiger partial charge in [-0.1, -0.05) is 30.3 Å². The molecule has 1 amide bonds. The average Bonchev–Trinajstić information content (AvgIpc) is 2.68. The summed E-state index contributed by atoms with van der Waals surface area (Å²) in [5, 5.41) is 0. The molecule has 1 atom stereocenters. The van der Waals surface area contributed by atoms with Crippen LogP contribution < -0.4 is 4.74 Å². The monoisotopic (exact) mass is 356 g/mol. The van der Waals surface area contributed by atoms with Crippen molar-refractivity contribution >= 4 is 5.91 Å². The van der Waals surface area contributed by atoms with Crippen LogP contribution in [0.2, 0.25) is 0 Å². The smallest absolute Gasteiger partial charge is 0.254 e. The van der Waals surface area contributed by atoms with E-state index in [9.17, 15) is 9.18 Å². The van der Waals surface area contributed by atoms with Gasteiger partial charge >= 0.3 is 0 Å². The lowest BCUT2D eigenvalue weighted by molar-refractivity contribution is 0.0601. The quantitative estimate of drug-likeness (QED) is 0.821. The first-order valence-electron chi connectivity index (χ1n) is 8.95. The van der Waals surface area contributed by atoms with Crippen molar-refractivity contribution in [1.29, 1.82) is 0 Å². The molecule has 0 bridgehead atoms. The number of piperidine rings is 1. The van der Waals surface area contributed by atoms with Gasteiger partial charge in [-0.15, -0.1) is 0 Å². The van der Waals surface area contributed by atoms with Crippen LogP contribution in [0.5, 0.6) is 5.75 Å². The van der Waals surface area contributed by atoms with E-state index in [-0.39, 0.29) is 11.7 Å². The summed E-state index contributed by atoms with van der Waals surface area (Å²) in [5.74, 6) is -0.474. The van der Waals surface area contributed by atoms with Gasteiger partial charge in [0.1, 0.15) is 0 Å². The lowest BCUT2D eigenvalue weighted by Gasteiger charge is -2.37. The predicted octanol–water partition coefficient (Wildman–Crippen LogP) is 3.57. The van der Waals surface area contributed by atoms with Crippen LogP contribution in [0.25, 0.3) is 0 Å². The molecular weight excluding hydrogens is 331 g/mol. The molecule has 138 valence electrons. The van der Waals surface area contributed by atoms with Gasteiger partial charge in [0.25, 0.3) is 5.91 Å². The Morgan fingerprint density at radius 3 is 2.73 bits per heavy atom. The summed E-state index contributed by atoms with van der Waals surface area (Å²) in [5.41, 5.74) is 1.63. The zero-order valence-electron chi connectivity index (χ0n) is 15.3. The van der Waals surface area contributed by atoms with Gasteiger partial charge in [-0.25, -0.2) is 4.39 Å². The normalized spacial score (nSPS) is 17.4. The number of carbonyl (C=O) groups is 1. The molecule has 0 radical (unpaired) electrons.